The summed E-state index contributed by atoms with van der Waals surface area (Å²) in [6.45, 7) is 0. The molecule has 1 aliphatic rings. The van der Waals surface area contributed by atoms with Gasteiger partial charge >= 0.3 is 0 Å². The topological polar surface area (TPSA) is 202 Å². The molecule has 0 aliphatic heterocycles. The van der Waals surface area contributed by atoms with E-state index in [0.29, 0.717) is 0 Å². The van der Waals surface area contributed by atoms with Crippen LogP contribution in [0.2, 0.25) is 0 Å². The van der Waals surface area contributed by atoms with E-state index >= 15 is 0 Å². The lowest BCUT2D eigenvalue weighted by Gasteiger charge is -2.39. The first-order chi connectivity index (χ1) is 8.96. The Labute approximate surface area is 109 Å². The Balaban J connectivity index is 3.06. The third kappa shape index (κ3) is 1.30. The Morgan fingerprint density at radius 3 is 1.50 bits per heavy atom. The van der Waals surface area contributed by atoms with Crippen LogP contribution in [0.25, 0.3) is 5.76 Å². The van der Waals surface area contributed by atoms with Crippen LogP contribution in [0.15, 0.2) is 5.76 Å². The smallest absolute Gasteiger partial charge is 0.287 e. The highest BCUT2D eigenvalue weighted by atomic mass is 16.6. The van der Waals surface area contributed by atoms with Gasteiger partial charge in [-0.3, -0.25) is 0 Å². The molecule has 20 heavy (non-hydrogen) atoms. The molecular weight excluding hydrogens is 280 g/mol. The van der Waals surface area contributed by atoms with Crippen LogP contribution in [0.3, 0.4) is 0 Å². The van der Waals surface area contributed by atoms with Gasteiger partial charge < -0.3 is 51.1 Å². The largest absolute Gasteiger partial charge is 0.504 e. The van der Waals surface area contributed by atoms with E-state index in [1.165, 1.54) is 0 Å². The van der Waals surface area contributed by atoms with Crippen molar-refractivity contribution in [3.05, 3.63) is 16.9 Å². The fourth-order valence-corrected chi connectivity index (χ4v) is 1.89. The van der Waals surface area contributed by atoms with E-state index in [0.717, 1.165) is 0 Å². The Bertz CT molecular complexity index is 642. The fourth-order valence-electron chi connectivity index (χ4n) is 1.89. The molecule has 1 aromatic rings. The molecule has 0 aromatic heterocycles. The second-order valence-corrected chi connectivity index (χ2v) is 4.19. The molecule has 2 rings (SSSR count). The van der Waals surface area contributed by atoms with E-state index in [-0.39, 0.29) is 0 Å². The first-order valence-electron chi connectivity index (χ1n) is 4.99. The minimum Gasteiger partial charge on any atom is -0.504 e. The average Bonchev–Trinajstić information content (AvgIpc) is 2.36. The van der Waals surface area contributed by atoms with Crippen molar-refractivity contribution in [1.82, 2.24) is 0 Å². The number of benzene rings is 1. The van der Waals surface area contributed by atoms with Crippen LogP contribution in [-0.2, 0) is 5.79 Å². The highest BCUT2D eigenvalue weighted by molar-refractivity contribution is 5.81. The molecule has 0 atom stereocenters. The molecule has 10 heteroatoms. The minimum atomic E-state index is -3.85. The van der Waals surface area contributed by atoms with Crippen molar-refractivity contribution in [3.8, 4) is 23.0 Å². The molecule has 0 unspecified atom stereocenters. The van der Waals surface area contributed by atoms with E-state index < -0.39 is 57.2 Å². The van der Waals surface area contributed by atoms with Gasteiger partial charge in [0, 0.05) is 0 Å². The lowest BCUT2D eigenvalue weighted by Crippen LogP contribution is -2.55. The van der Waals surface area contributed by atoms with Crippen molar-refractivity contribution < 1.29 is 51.1 Å². The molecule has 0 fully saturated rings. The predicted molar refractivity (Wildman–Crippen MR) is 58.6 cm³/mol. The van der Waals surface area contributed by atoms with Gasteiger partial charge in [-0.2, -0.15) is 0 Å². The Hall–Kier alpha value is -2.40. The maximum absolute atomic E-state index is 9.65. The molecule has 0 radical (unpaired) electrons. The minimum absolute atomic E-state index is 1.10. The third-order valence-electron chi connectivity index (χ3n) is 3.02. The summed E-state index contributed by atoms with van der Waals surface area (Å²) in [6, 6.07) is 0. The Morgan fingerprint density at radius 2 is 1.00 bits per heavy atom. The van der Waals surface area contributed by atoms with Gasteiger partial charge in [-0.25, -0.2) is 0 Å². The van der Waals surface area contributed by atoms with Crippen LogP contribution in [0, 0.1) is 0 Å². The van der Waals surface area contributed by atoms with E-state index in [1.807, 2.05) is 0 Å². The molecule has 0 spiro atoms. The van der Waals surface area contributed by atoms with Crippen molar-refractivity contribution in [2.45, 2.75) is 11.6 Å². The summed E-state index contributed by atoms with van der Waals surface area (Å²) < 4.78 is 0. The number of hydrogen-bond donors (Lipinski definition) is 10. The van der Waals surface area contributed by atoms with Gasteiger partial charge in [0.25, 0.3) is 11.6 Å². The van der Waals surface area contributed by atoms with Gasteiger partial charge in [-0.05, 0) is 0 Å². The second-order valence-electron chi connectivity index (χ2n) is 4.19. The molecule has 0 saturated heterocycles. The molecule has 0 bridgehead atoms. The molecule has 0 saturated carbocycles. The molecule has 1 aromatic carbocycles. The van der Waals surface area contributed by atoms with Gasteiger partial charge in [0.15, 0.2) is 17.3 Å². The second kappa shape index (κ2) is 3.58. The summed E-state index contributed by atoms with van der Waals surface area (Å²) >= 11 is 0. The SMILES string of the molecule is OC1=C(O)C(O)(O)C(O)(O)c2c(O)c(O)c(O)c(O)c21. The Morgan fingerprint density at radius 1 is 0.550 bits per heavy atom. The summed E-state index contributed by atoms with van der Waals surface area (Å²) in [5.74, 6) is -16.4. The third-order valence-corrected chi connectivity index (χ3v) is 3.02. The quantitative estimate of drug-likeness (QED) is 0.146. The van der Waals surface area contributed by atoms with Crippen molar-refractivity contribution >= 4 is 5.76 Å². The van der Waals surface area contributed by atoms with Crippen LogP contribution in [0.1, 0.15) is 11.1 Å². The van der Waals surface area contributed by atoms with Crippen LogP contribution in [-0.4, -0.2) is 56.9 Å². The molecule has 0 amide bonds. The zero-order valence-electron chi connectivity index (χ0n) is 9.47. The molecular formula is C10H10O10. The van der Waals surface area contributed by atoms with Crippen LogP contribution < -0.4 is 0 Å². The lowest BCUT2D eigenvalue weighted by molar-refractivity contribution is -0.359. The molecule has 10 N–H and O–H groups in total. The molecule has 0 heterocycles. The highest BCUT2D eigenvalue weighted by Gasteiger charge is 2.60. The lowest BCUT2D eigenvalue weighted by atomic mass is 9.83. The molecule has 1 aliphatic carbocycles. The van der Waals surface area contributed by atoms with Crippen LogP contribution >= 0.6 is 0 Å². The fraction of sp³-hybridized carbons (Fsp3) is 0.200. The van der Waals surface area contributed by atoms with Gasteiger partial charge in [-0.1, -0.05) is 0 Å². The first-order valence-corrected chi connectivity index (χ1v) is 4.99. The summed E-state index contributed by atoms with van der Waals surface area (Å²) in [5, 5.41) is 94.7. The first kappa shape index (κ1) is 14.0. The number of aliphatic hydroxyl groups is 6. The number of phenolic OH excluding ortho intramolecular Hbond substituents is 4. The monoisotopic (exact) mass is 290 g/mol. The van der Waals surface area contributed by atoms with Crippen molar-refractivity contribution in [2.75, 3.05) is 0 Å². The summed E-state index contributed by atoms with van der Waals surface area (Å²) in [7, 11) is 0. The molecule has 110 valence electrons. The number of fused-ring (bicyclic) bond motifs is 1. The van der Waals surface area contributed by atoms with Crippen molar-refractivity contribution in [2.24, 2.45) is 0 Å². The van der Waals surface area contributed by atoms with Crippen LogP contribution in [0.5, 0.6) is 23.0 Å². The van der Waals surface area contributed by atoms with Crippen molar-refractivity contribution in [3.63, 3.8) is 0 Å². The van der Waals surface area contributed by atoms with E-state index in [1.54, 1.807) is 0 Å². The number of hydrogen-bond acceptors (Lipinski definition) is 10. The van der Waals surface area contributed by atoms with Gasteiger partial charge in [0.05, 0.1) is 11.1 Å². The number of phenols is 4. The van der Waals surface area contributed by atoms with Gasteiger partial charge in [0.2, 0.25) is 17.3 Å². The predicted octanol–water partition coefficient (Wildman–Crippen LogP) is -1.87. The zero-order valence-corrected chi connectivity index (χ0v) is 9.47. The van der Waals surface area contributed by atoms with E-state index in [4.69, 9.17) is 0 Å². The maximum atomic E-state index is 9.65. The normalized spacial score (nSPS) is 19.8. The number of rotatable bonds is 0. The van der Waals surface area contributed by atoms with Gasteiger partial charge in [0.1, 0.15) is 0 Å². The molecule has 10 nitrogen and oxygen atoms in total. The highest BCUT2D eigenvalue weighted by Crippen LogP contribution is 2.56. The number of aromatic hydroxyl groups is 4. The zero-order chi connectivity index (χ0) is 15.6. The van der Waals surface area contributed by atoms with E-state index in [9.17, 15) is 51.1 Å². The summed E-state index contributed by atoms with van der Waals surface area (Å²) in [5.41, 5.74) is -2.43. The summed E-state index contributed by atoms with van der Waals surface area (Å²) in [4.78, 5) is 0. The maximum Gasteiger partial charge on any atom is 0.287 e. The van der Waals surface area contributed by atoms with Gasteiger partial charge in [-0.15, -0.1) is 0 Å². The number of aliphatic hydroxyl groups excluding tert-OH is 2. The van der Waals surface area contributed by atoms with Crippen LogP contribution in [0.4, 0.5) is 0 Å². The van der Waals surface area contributed by atoms with E-state index in [2.05, 4.69) is 0 Å². The summed E-state index contributed by atoms with van der Waals surface area (Å²) in [6.07, 6.45) is 0. The average molecular weight is 290 g/mol. The van der Waals surface area contributed by atoms with Crippen molar-refractivity contribution in [1.29, 1.82) is 0 Å². The standard InChI is InChI=1S/C10H10O10/c11-3-1-2(5(13)7(15)6(3)14)9(17,18)10(19,20)8(16)4(1)12/h11-20H. The Kier molecular flexibility index (Phi) is 2.51.